The van der Waals surface area contributed by atoms with Gasteiger partial charge in [-0.2, -0.15) is 5.26 Å². The Bertz CT molecular complexity index is 1130. The van der Waals surface area contributed by atoms with Crippen LogP contribution >= 0.6 is 0 Å². The van der Waals surface area contributed by atoms with Gasteiger partial charge in [0.1, 0.15) is 5.69 Å². The molecule has 0 aliphatic carbocycles. The molecule has 2 N–H and O–H groups in total. The molecule has 7 heteroatoms. The number of hydrogen-bond acceptors (Lipinski definition) is 6. The van der Waals surface area contributed by atoms with Crippen molar-refractivity contribution in [3.63, 3.8) is 0 Å². The third kappa shape index (κ3) is 3.92. The first-order chi connectivity index (χ1) is 14.0. The Balaban J connectivity index is 2.02. The number of nitrogen functional groups attached to an aromatic ring is 1. The summed E-state index contributed by atoms with van der Waals surface area (Å²) >= 11 is 0. The van der Waals surface area contributed by atoms with Crippen molar-refractivity contribution in [2.45, 2.75) is 6.42 Å². The number of methoxy groups -OCH3 is 1. The molecular weight excluding hydrogens is 370 g/mol. The second-order valence-electron chi connectivity index (χ2n) is 6.31. The van der Waals surface area contributed by atoms with Crippen LogP contribution in [-0.4, -0.2) is 18.0 Å². The number of nitro benzene ring substituents is 1. The number of rotatable bonds is 5. The Morgan fingerprint density at radius 2 is 1.83 bits per heavy atom. The number of ether oxygens (including phenoxy) is 1. The molecule has 0 atom stereocenters. The lowest BCUT2D eigenvalue weighted by Crippen LogP contribution is -2.10. The first kappa shape index (κ1) is 19.6. The van der Waals surface area contributed by atoms with Crippen molar-refractivity contribution in [3.05, 3.63) is 93.0 Å². The van der Waals surface area contributed by atoms with Crippen molar-refractivity contribution >= 4 is 17.3 Å². The Kier molecular flexibility index (Phi) is 5.56. The second kappa shape index (κ2) is 8.23. The first-order valence-electron chi connectivity index (χ1n) is 8.68. The molecule has 0 spiro atoms. The minimum atomic E-state index is -0.664. The lowest BCUT2D eigenvalue weighted by atomic mass is 9.94. The number of anilines is 1. The molecule has 0 radical (unpaired) electrons. The standard InChI is InChI=1S/C22H17N3O4/c1-29-22(26)18-10-11-20(24)21(25(27)28)19(18)12-14-6-8-15(9-7-14)17-5-3-2-4-16(17)13-23/h2-11H,12,24H2,1H3. The number of nitro groups is 1. The van der Waals surface area contributed by atoms with Gasteiger partial charge >= 0.3 is 5.97 Å². The zero-order valence-electron chi connectivity index (χ0n) is 15.6. The van der Waals surface area contributed by atoms with Gasteiger partial charge in [0.05, 0.1) is 34.8 Å². The van der Waals surface area contributed by atoms with Crippen LogP contribution in [0.3, 0.4) is 0 Å². The zero-order valence-corrected chi connectivity index (χ0v) is 15.6. The zero-order chi connectivity index (χ0) is 21.0. The molecule has 29 heavy (non-hydrogen) atoms. The van der Waals surface area contributed by atoms with Crippen LogP contribution < -0.4 is 5.73 Å². The van der Waals surface area contributed by atoms with Gasteiger partial charge in [-0.25, -0.2) is 4.79 Å². The minimum Gasteiger partial charge on any atom is -0.465 e. The van der Waals surface area contributed by atoms with Crippen LogP contribution in [0.4, 0.5) is 11.4 Å². The minimum absolute atomic E-state index is 0.0165. The normalized spacial score (nSPS) is 10.2. The van der Waals surface area contributed by atoms with Crippen molar-refractivity contribution in [2.24, 2.45) is 0 Å². The highest BCUT2D eigenvalue weighted by molar-refractivity contribution is 5.94. The summed E-state index contributed by atoms with van der Waals surface area (Å²) in [5.74, 6) is -0.664. The molecule has 0 fully saturated rings. The van der Waals surface area contributed by atoms with Gasteiger partial charge in [0.25, 0.3) is 5.69 Å². The van der Waals surface area contributed by atoms with Crippen LogP contribution in [0.25, 0.3) is 11.1 Å². The maximum atomic E-state index is 12.1. The van der Waals surface area contributed by atoms with Gasteiger partial charge in [-0.05, 0) is 34.9 Å². The maximum Gasteiger partial charge on any atom is 0.338 e. The quantitative estimate of drug-likeness (QED) is 0.305. The van der Waals surface area contributed by atoms with E-state index in [1.54, 1.807) is 24.3 Å². The summed E-state index contributed by atoms with van der Waals surface area (Å²) in [7, 11) is 1.22. The summed E-state index contributed by atoms with van der Waals surface area (Å²) in [5.41, 5.74) is 8.74. The van der Waals surface area contributed by atoms with Crippen LogP contribution in [0.2, 0.25) is 0 Å². The summed E-state index contributed by atoms with van der Waals surface area (Å²) in [6.45, 7) is 0. The number of benzene rings is 3. The van der Waals surface area contributed by atoms with Gasteiger partial charge in [0, 0.05) is 6.42 Å². The maximum absolute atomic E-state index is 12.1. The molecule has 0 heterocycles. The molecule has 0 saturated carbocycles. The SMILES string of the molecule is COC(=O)c1ccc(N)c([N+](=O)[O-])c1Cc1ccc(-c2ccccc2C#N)cc1. The number of esters is 1. The van der Waals surface area contributed by atoms with Crippen molar-refractivity contribution < 1.29 is 14.5 Å². The van der Waals surface area contributed by atoms with Crippen molar-refractivity contribution in [2.75, 3.05) is 12.8 Å². The summed E-state index contributed by atoms with van der Waals surface area (Å²) in [4.78, 5) is 23.1. The lowest BCUT2D eigenvalue weighted by molar-refractivity contribution is -0.384. The van der Waals surface area contributed by atoms with Gasteiger partial charge < -0.3 is 10.5 Å². The van der Waals surface area contributed by atoms with Crippen molar-refractivity contribution in [3.8, 4) is 17.2 Å². The Hall–Kier alpha value is -4.18. The van der Waals surface area contributed by atoms with Crippen LogP contribution in [0.5, 0.6) is 0 Å². The third-order valence-electron chi connectivity index (χ3n) is 4.60. The fourth-order valence-electron chi connectivity index (χ4n) is 3.19. The molecule has 144 valence electrons. The molecule has 3 aromatic carbocycles. The fourth-order valence-corrected chi connectivity index (χ4v) is 3.19. The second-order valence-corrected chi connectivity index (χ2v) is 6.31. The van der Waals surface area contributed by atoms with Crippen LogP contribution in [0.1, 0.15) is 27.0 Å². The van der Waals surface area contributed by atoms with E-state index in [2.05, 4.69) is 6.07 Å². The number of nitriles is 1. The van der Waals surface area contributed by atoms with E-state index in [1.807, 2.05) is 24.3 Å². The summed E-state index contributed by atoms with van der Waals surface area (Å²) in [6.07, 6.45) is 0.131. The predicted molar refractivity (Wildman–Crippen MR) is 108 cm³/mol. The fraction of sp³-hybridized carbons (Fsp3) is 0.0909. The van der Waals surface area contributed by atoms with Gasteiger partial charge in [0.15, 0.2) is 0 Å². The predicted octanol–water partition coefficient (Wildman–Crippen LogP) is 4.09. The molecule has 7 nitrogen and oxygen atoms in total. The number of carbonyl (C=O) groups excluding carboxylic acids is 1. The third-order valence-corrected chi connectivity index (χ3v) is 4.60. The van der Waals surface area contributed by atoms with Crippen LogP contribution in [0, 0.1) is 21.4 Å². The van der Waals surface area contributed by atoms with E-state index in [0.717, 1.165) is 16.7 Å². The van der Waals surface area contributed by atoms with E-state index in [4.69, 9.17) is 10.5 Å². The number of nitrogens with zero attached hydrogens (tertiary/aromatic N) is 2. The molecule has 0 aliphatic rings. The monoisotopic (exact) mass is 387 g/mol. The smallest absolute Gasteiger partial charge is 0.338 e. The molecule has 0 amide bonds. The van der Waals surface area contributed by atoms with Crippen molar-refractivity contribution in [1.82, 2.24) is 0 Å². The first-order valence-corrected chi connectivity index (χ1v) is 8.68. The Labute approximate surface area is 167 Å². The number of carbonyl (C=O) groups is 1. The molecule has 3 rings (SSSR count). The van der Waals surface area contributed by atoms with Crippen LogP contribution in [0.15, 0.2) is 60.7 Å². The van der Waals surface area contributed by atoms with E-state index >= 15 is 0 Å². The molecule has 0 unspecified atom stereocenters. The van der Waals surface area contributed by atoms with E-state index in [0.29, 0.717) is 5.56 Å². The molecule has 0 saturated heterocycles. The highest BCUT2D eigenvalue weighted by Crippen LogP contribution is 2.32. The number of hydrogen-bond donors (Lipinski definition) is 1. The van der Waals surface area contributed by atoms with E-state index < -0.39 is 10.9 Å². The Morgan fingerprint density at radius 1 is 1.14 bits per heavy atom. The van der Waals surface area contributed by atoms with Gasteiger partial charge in [-0.3, -0.25) is 10.1 Å². The highest BCUT2D eigenvalue weighted by Gasteiger charge is 2.25. The van der Waals surface area contributed by atoms with Gasteiger partial charge in [-0.1, -0.05) is 42.5 Å². The average molecular weight is 387 g/mol. The molecule has 3 aromatic rings. The van der Waals surface area contributed by atoms with E-state index in [-0.39, 0.29) is 28.9 Å². The van der Waals surface area contributed by atoms with Gasteiger partial charge in [0.2, 0.25) is 0 Å². The Morgan fingerprint density at radius 3 is 2.45 bits per heavy atom. The topological polar surface area (TPSA) is 119 Å². The average Bonchev–Trinajstić information content (AvgIpc) is 2.73. The van der Waals surface area contributed by atoms with E-state index in [1.165, 1.54) is 19.2 Å². The summed E-state index contributed by atoms with van der Waals surface area (Å²) < 4.78 is 4.76. The molecular formula is C22H17N3O4. The number of nitrogens with two attached hydrogens (primary N) is 1. The van der Waals surface area contributed by atoms with Gasteiger partial charge in [-0.15, -0.1) is 0 Å². The summed E-state index contributed by atoms with van der Waals surface area (Å²) in [6, 6.07) is 19.4. The highest BCUT2D eigenvalue weighted by atomic mass is 16.6. The van der Waals surface area contributed by atoms with Crippen LogP contribution in [-0.2, 0) is 11.2 Å². The lowest BCUT2D eigenvalue weighted by Gasteiger charge is -2.11. The molecule has 0 bridgehead atoms. The summed E-state index contributed by atoms with van der Waals surface area (Å²) in [5, 5.41) is 20.8. The molecule has 0 aromatic heterocycles. The van der Waals surface area contributed by atoms with E-state index in [9.17, 15) is 20.2 Å². The largest absolute Gasteiger partial charge is 0.465 e. The molecule has 0 aliphatic heterocycles. The van der Waals surface area contributed by atoms with Crippen molar-refractivity contribution in [1.29, 1.82) is 5.26 Å².